The first kappa shape index (κ1) is 32.0. The van der Waals surface area contributed by atoms with Gasteiger partial charge in [0.05, 0.1) is 16.6 Å². The van der Waals surface area contributed by atoms with Crippen LogP contribution in [0.3, 0.4) is 0 Å². The molecule has 0 heterocycles. The molecular formula is C27H30KN3O6S. The molecule has 1 unspecified atom stereocenters. The summed E-state index contributed by atoms with van der Waals surface area (Å²) >= 11 is 0. The van der Waals surface area contributed by atoms with Gasteiger partial charge in [0.15, 0.2) is 0 Å². The van der Waals surface area contributed by atoms with Gasteiger partial charge in [0, 0.05) is 6.54 Å². The van der Waals surface area contributed by atoms with Gasteiger partial charge in [-0.2, -0.15) is 4.72 Å². The number of hydrogen-bond donors (Lipinski definition) is 3. The number of nitrogen functional groups attached to an aromatic ring is 1. The van der Waals surface area contributed by atoms with Crippen molar-refractivity contribution in [1.82, 2.24) is 10.0 Å². The first-order chi connectivity index (χ1) is 17.7. The molecule has 0 bridgehead atoms. The minimum atomic E-state index is -3.97. The van der Waals surface area contributed by atoms with Crippen molar-refractivity contribution in [3.05, 3.63) is 90.0 Å². The fourth-order valence-corrected chi connectivity index (χ4v) is 4.92. The van der Waals surface area contributed by atoms with Gasteiger partial charge in [0.1, 0.15) is 18.4 Å². The van der Waals surface area contributed by atoms with E-state index in [4.69, 9.17) is 10.5 Å². The average Bonchev–Trinajstić information content (AvgIpc) is 2.88. The Hall–Kier alpha value is -2.25. The minimum absolute atomic E-state index is 0. The van der Waals surface area contributed by atoms with E-state index in [2.05, 4.69) is 10.0 Å². The number of carboxylic acid groups (broad SMARTS) is 1. The molecule has 9 nitrogen and oxygen atoms in total. The summed E-state index contributed by atoms with van der Waals surface area (Å²) in [6.07, 6.45) is 2.50. The molecule has 0 aliphatic heterocycles. The molecule has 0 saturated carbocycles. The Labute approximate surface area is 265 Å². The van der Waals surface area contributed by atoms with E-state index in [0.717, 1.165) is 19.3 Å². The van der Waals surface area contributed by atoms with Gasteiger partial charge < -0.3 is 25.7 Å². The van der Waals surface area contributed by atoms with Crippen molar-refractivity contribution >= 4 is 27.6 Å². The Morgan fingerprint density at radius 1 is 0.921 bits per heavy atom. The van der Waals surface area contributed by atoms with Gasteiger partial charge in [-0.15, -0.1) is 0 Å². The maximum absolute atomic E-state index is 13.1. The van der Waals surface area contributed by atoms with Crippen LogP contribution in [0.5, 0.6) is 5.75 Å². The number of aliphatic carboxylic acids is 1. The van der Waals surface area contributed by atoms with Crippen LogP contribution in [0.4, 0.5) is 5.69 Å². The van der Waals surface area contributed by atoms with Gasteiger partial charge in [-0.3, -0.25) is 4.79 Å². The number of nitrogens with one attached hydrogen (secondary N) is 2. The van der Waals surface area contributed by atoms with Gasteiger partial charge >= 0.3 is 51.4 Å². The van der Waals surface area contributed by atoms with Crippen molar-refractivity contribution < 1.29 is 79.2 Å². The van der Waals surface area contributed by atoms with Crippen LogP contribution in [-0.2, 0) is 32.5 Å². The summed E-state index contributed by atoms with van der Waals surface area (Å²) < 4.78 is 33.5. The number of unbranched alkanes of at least 4 members (excludes halogenated alkanes) is 1. The number of rotatable bonds is 14. The van der Waals surface area contributed by atoms with E-state index in [0.29, 0.717) is 12.1 Å². The maximum Gasteiger partial charge on any atom is 1.00 e. The van der Waals surface area contributed by atoms with Crippen LogP contribution in [0.2, 0.25) is 0 Å². The number of anilines is 1. The van der Waals surface area contributed by atoms with Crippen molar-refractivity contribution in [2.45, 2.75) is 36.6 Å². The molecule has 0 aliphatic rings. The van der Waals surface area contributed by atoms with E-state index in [-0.39, 0.29) is 74.1 Å². The molecule has 0 spiro atoms. The number of nitrogens with two attached hydrogens (primary N) is 1. The number of sulfonamides is 1. The number of carbonyl (C=O) groups excluding carboxylic acids is 2. The third-order valence-corrected chi connectivity index (χ3v) is 7.05. The quantitative estimate of drug-likeness (QED) is 0.122. The molecule has 3 aromatic rings. The minimum Gasteiger partial charge on any atom is -0.546 e. The van der Waals surface area contributed by atoms with E-state index in [1.54, 1.807) is 24.3 Å². The van der Waals surface area contributed by atoms with Crippen LogP contribution < -0.4 is 77.0 Å². The Kier molecular flexibility index (Phi) is 13.4. The molecule has 0 radical (unpaired) electrons. The largest absolute Gasteiger partial charge is 1.00 e. The van der Waals surface area contributed by atoms with Crippen LogP contribution in [0.25, 0.3) is 0 Å². The molecule has 38 heavy (non-hydrogen) atoms. The molecule has 1 atom stereocenters. The molecule has 11 heteroatoms. The summed E-state index contributed by atoms with van der Waals surface area (Å²) in [7, 11) is -3.97. The van der Waals surface area contributed by atoms with Crippen LogP contribution in [0.15, 0.2) is 83.8 Å². The Bertz CT molecular complexity index is 1290. The van der Waals surface area contributed by atoms with E-state index in [1.807, 2.05) is 30.3 Å². The Morgan fingerprint density at radius 2 is 1.58 bits per heavy atom. The maximum atomic E-state index is 13.1. The second-order valence-corrected chi connectivity index (χ2v) is 10.2. The van der Waals surface area contributed by atoms with Gasteiger partial charge in [-0.05, 0) is 61.1 Å². The topological polar surface area (TPSA) is 151 Å². The first-order valence-corrected chi connectivity index (χ1v) is 13.3. The summed E-state index contributed by atoms with van der Waals surface area (Å²) in [4.78, 5) is 23.7. The SMILES string of the molecule is Nc1cc(CC(NS(=O)(=O)c2ccccc2)C(=O)NCCCCc2ccccc2)ccc1OCC(=O)[O-].[K+]. The van der Waals surface area contributed by atoms with E-state index in [1.165, 1.54) is 29.8 Å². The van der Waals surface area contributed by atoms with Crippen molar-refractivity contribution in [2.75, 3.05) is 18.9 Å². The zero-order valence-corrected chi connectivity index (χ0v) is 25.2. The van der Waals surface area contributed by atoms with Gasteiger partial charge in [0.2, 0.25) is 15.9 Å². The number of hydrogen-bond acceptors (Lipinski definition) is 7. The second-order valence-electron chi connectivity index (χ2n) is 8.46. The molecule has 0 aliphatic carbocycles. The number of carbonyl (C=O) groups is 2. The fourth-order valence-electron chi connectivity index (χ4n) is 3.71. The third-order valence-electron chi connectivity index (χ3n) is 5.56. The van der Waals surface area contributed by atoms with Crippen molar-refractivity contribution in [3.63, 3.8) is 0 Å². The average molecular weight is 564 g/mol. The first-order valence-electron chi connectivity index (χ1n) is 11.8. The summed E-state index contributed by atoms with van der Waals surface area (Å²) in [5.41, 5.74) is 7.90. The second kappa shape index (κ2) is 16.0. The van der Waals surface area contributed by atoms with E-state index < -0.39 is 34.5 Å². The zero-order chi connectivity index (χ0) is 26.7. The molecule has 1 amide bonds. The monoisotopic (exact) mass is 563 g/mol. The third kappa shape index (κ3) is 10.5. The van der Waals surface area contributed by atoms with Crippen LogP contribution in [0.1, 0.15) is 24.0 Å². The van der Waals surface area contributed by atoms with E-state index in [9.17, 15) is 23.1 Å². The number of carboxylic acids is 1. The van der Waals surface area contributed by atoms with Gasteiger partial charge in [0.25, 0.3) is 0 Å². The van der Waals surface area contributed by atoms with Crippen molar-refractivity contribution in [1.29, 1.82) is 0 Å². The molecule has 0 fully saturated rings. The summed E-state index contributed by atoms with van der Waals surface area (Å²) in [6.45, 7) is -0.261. The molecule has 196 valence electrons. The molecule has 3 rings (SSSR count). The summed E-state index contributed by atoms with van der Waals surface area (Å²) in [5, 5.41) is 13.5. The van der Waals surface area contributed by atoms with Crippen molar-refractivity contribution in [2.24, 2.45) is 0 Å². The van der Waals surface area contributed by atoms with Crippen LogP contribution in [-0.4, -0.2) is 39.5 Å². The van der Waals surface area contributed by atoms with Crippen LogP contribution in [0, 0.1) is 0 Å². The Balaban J connectivity index is 0.00000507. The molecule has 4 N–H and O–H groups in total. The van der Waals surface area contributed by atoms with E-state index >= 15 is 0 Å². The summed E-state index contributed by atoms with van der Waals surface area (Å²) in [6, 6.07) is 21.3. The standard InChI is InChI=1S/C27H31N3O6S.K/c28-23-17-21(14-15-25(23)36-19-26(31)32)18-24(30-37(34,35)22-12-5-2-6-13-22)27(33)29-16-8-7-11-20-9-3-1-4-10-20;/h1-6,9-10,12-15,17,24,30H,7-8,11,16,18-19,28H2,(H,29,33)(H,31,32);/q;+1/p-1. The van der Waals surface area contributed by atoms with Crippen molar-refractivity contribution in [3.8, 4) is 5.75 Å². The van der Waals surface area contributed by atoms with Gasteiger partial charge in [-0.1, -0.05) is 54.6 Å². The number of ether oxygens (including phenoxy) is 1. The zero-order valence-electron chi connectivity index (χ0n) is 21.3. The predicted molar refractivity (Wildman–Crippen MR) is 138 cm³/mol. The number of amides is 1. The normalized spacial score (nSPS) is 11.7. The number of benzene rings is 3. The predicted octanol–water partition coefficient (Wildman–Crippen LogP) is -1.57. The summed E-state index contributed by atoms with van der Waals surface area (Å²) in [5.74, 6) is -1.70. The molecular weight excluding hydrogens is 533 g/mol. The number of aryl methyl sites for hydroxylation is 1. The molecule has 3 aromatic carbocycles. The Morgan fingerprint density at radius 3 is 2.21 bits per heavy atom. The fraction of sp³-hybridized carbons (Fsp3) is 0.259. The molecule has 0 saturated heterocycles. The molecule has 0 aromatic heterocycles. The van der Waals surface area contributed by atoms with Gasteiger partial charge in [-0.25, -0.2) is 8.42 Å². The van der Waals surface area contributed by atoms with Crippen LogP contribution >= 0.6 is 0 Å². The smallest absolute Gasteiger partial charge is 0.546 e.